The molecule has 1 heterocycles. The standard InChI is InChI=1S/C37H24N2/c1-2-11-27(12-3-1)37-38-34-16-8-9-17-35(34)39(37)29-21-18-26(19-22-29)36-31-15-7-5-13-28(31)24-33-30-14-6-4-10-25(30)20-23-32(33)36/h1-24H. The van der Waals surface area contributed by atoms with E-state index >= 15 is 0 Å². The zero-order valence-electron chi connectivity index (χ0n) is 21.3. The Morgan fingerprint density at radius 2 is 1.13 bits per heavy atom. The number of nitrogens with zero attached hydrogens (tertiary/aromatic N) is 2. The molecule has 0 aliphatic heterocycles. The van der Waals surface area contributed by atoms with Crippen molar-refractivity contribution in [1.82, 2.24) is 9.55 Å². The van der Waals surface area contributed by atoms with Crippen LogP contribution in [-0.4, -0.2) is 9.55 Å². The van der Waals surface area contributed by atoms with E-state index in [1.165, 1.54) is 43.4 Å². The van der Waals surface area contributed by atoms with Crippen LogP contribution in [-0.2, 0) is 0 Å². The van der Waals surface area contributed by atoms with Gasteiger partial charge in [0.2, 0.25) is 0 Å². The summed E-state index contributed by atoms with van der Waals surface area (Å²) < 4.78 is 2.27. The summed E-state index contributed by atoms with van der Waals surface area (Å²) in [5, 5.41) is 7.65. The Morgan fingerprint density at radius 1 is 0.436 bits per heavy atom. The number of hydrogen-bond donors (Lipinski definition) is 0. The summed E-state index contributed by atoms with van der Waals surface area (Å²) in [6.45, 7) is 0. The molecule has 2 heteroatoms. The van der Waals surface area contributed by atoms with Crippen molar-refractivity contribution in [1.29, 1.82) is 0 Å². The fraction of sp³-hybridized carbons (Fsp3) is 0. The average molecular weight is 497 g/mol. The molecule has 0 atom stereocenters. The molecule has 0 aliphatic rings. The molecule has 0 radical (unpaired) electrons. The zero-order chi connectivity index (χ0) is 25.8. The molecule has 182 valence electrons. The van der Waals surface area contributed by atoms with E-state index in [1.807, 2.05) is 12.1 Å². The summed E-state index contributed by atoms with van der Waals surface area (Å²) in [7, 11) is 0. The minimum atomic E-state index is 0.951. The van der Waals surface area contributed by atoms with Gasteiger partial charge in [0, 0.05) is 11.3 Å². The molecule has 0 saturated heterocycles. The molecule has 0 spiro atoms. The van der Waals surface area contributed by atoms with E-state index in [2.05, 4.69) is 138 Å². The Kier molecular flexibility index (Phi) is 4.86. The Balaban J connectivity index is 1.36. The van der Waals surface area contributed by atoms with Gasteiger partial charge in [-0.15, -0.1) is 0 Å². The van der Waals surface area contributed by atoms with Crippen molar-refractivity contribution in [2.45, 2.75) is 0 Å². The van der Waals surface area contributed by atoms with E-state index in [9.17, 15) is 0 Å². The smallest absolute Gasteiger partial charge is 0.145 e. The predicted molar refractivity (Wildman–Crippen MR) is 164 cm³/mol. The van der Waals surface area contributed by atoms with Crippen molar-refractivity contribution in [3.8, 4) is 28.2 Å². The van der Waals surface area contributed by atoms with Crippen molar-refractivity contribution >= 4 is 43.4 Å². The van der Waals surface area contributed by atoms with Crippen LogP contribution in [0.4, 0.5) is 0 Å². The third kappa shape index (κ3) is 3.46. The Hall–Kier alpha value is -5.21. The van der Waals surface area contributed by atoms with E-state index in [0.29, 0.717) is 0 Å². The minimum Gasteiger partial charge on any atom is -0.292 e. The van der Waals surface area contributed by atoms with Crippen molar-refractivity contribution < 1.29 is 0 Å². The third-order valence-corrected chi connectivity index (χ3v) is 7.78. The first kappa shape index (κ1) is 21.8. The second kappa shape index (κ2) is 8.68. The van der Waals surface area contributed by atoms with Crippen LogP contribution in [0.25, 0.3) is 71.6 Å². The second-order valence-electron chi connectivity index (χ2n) is 10.0. The first-order chi connectivity index (χ1) is 19.3. The molecule has 0 fully saturated rings. The third-order valence-electron chi connectivity index (χ3n) is 7.78. The van der Waals surface area contributed by atoms with Crippen LogP contribution in [0.15, 0.2) is 146 Å². The molecule has 1 aromatic heterocycles. The van der Waals surface area contributed by atoms with E-state index < -0.39 is 0 Å². The second-order valence-corrected chi connectivity index (χ2v) is 10.0. The number of fused-ring (bicyclic) bond motifs is 5. The molecule has 8 rings (SSSR count). The maximum atomic E-state index is 5.01. The molecule has 0 N–H and O–H groups in total. The molecule has 2 nitrogen and oxygen atoms in total. The van der Waals surface area contributed by atoms with Gasteiger partial charge in [-0.3, -0.25) is 4.57 Å². The van der Waals surface area contributed by atoms with Crippen molar-refractivity contribution in [2.24, 2.45) is 0 Å². The number of imidazole rings is 1. The van der Waals surface area contributed by atoms with Gasteiger partial charge in [-0.05, 0) is 73.8 Å². The highest BCUT2D eigenvalue weighted by atomic mass is 15.1. The van der Waals surface area contributed by atoms with Crippen molar-refractivity contribution in [3.05, 3.63) is 146 Å². The normalized spacial score (nSPS) is 11.6. The molecule has 7 aromatic carbocycles. The van der Waals surface area contributed by atoms with Gasteiger partial charge >= 0.3 is 0 Å². The molecule has 0 amide bonds. The number of para-hydroxylation sites is 2. The molecule has 8 aromatic rings. The molecule has 0 saturated carbocycles. The highest BCUT2D eigenvalue weighted by molar-refractivity contribution is 6.20. The topological polar surface area (TPSA) is 17.8 Å². The highest BCUT2D eigenvalue weighted by Crippen LogP contribution is 2.40. The molecule has 0 aliphatic carbocycles. The summed E-state index contributed by atoms with van der Waals surface area (Å²) in [5.41, 5.74) is 6.78. The quantitative estimate of drug-likeness (QED) is 0.176. The van der Waals surface area contributed by atoms with Gasteiger partial charge in [0.05, 0.1) is 11.0 Å². The predicted octanol–water partition coefficient (Wildman–Crippen LogP) is 9.82. The van der Waals surface area contributed by atoms with Gasteiger partial charge in [0.1, 0.15) is 5.82 Å². The van der Waals surface area contributed by atoms with Crippen molar-refractivity contribution in [3.63, 3.8) is 0 Å². The largest absolute Gasteiger partial charge is 0.292 e. The maximum Gasteiger partial charge on any atom is 0.145 e. The van der Waals surface area contributed by atoms with E-state index in [4.69, 9.17) is 4.98 Å². The van der Waals surface area contributed by atoms with Crippen LogP contribution in [0, 0.1) is 0 Å². The van der Waals surface area contributed by atoms with Crippen LogP contribution in [0.1, 0.15) is 0 Å². The lowest BCUT2D eigenvalue weighted by Gasteiger charge is -2.15. The van der Waals surface area contributed by atoms with Gasteiger partial charge < -0.3 is 0 Å². The Labute approximate surface area is 226 Å². The van der Waals surface area contributed by atoms with Crippen LogP contribution < -0.4 is 0 Å². The molecule has 0 unspecified atom stereocenters. The lowest BCUT2D eigenvalue weighted by Crippen LogP contribution is -1.97. The monoisotopic (exact) mass is 496 g/mol. The fourth-order valence-electron chi connectivity index (χ4n) is 5.98. The van der Waals surface area contributed by atoms with Crippen LogP contribution >= 0.6 is 0 Å². The number of rotatable bonds is 3. The Morgan fingerprint density at radius 3 is 1.97 bits per heavy atom. The number of benzene rings is 7. The lowest BCUT2D eigenvalue weighted by atomic mass is 9.90. The molecule has 39 heavy (non-hydrogen) atoms. The van der Waals surface area contributed by atoms with Gasteiger partial charge in [-0.2, -0.15) is 0 Å². The van der Waals surface area contributed by atoms with Gasteiger partial charge in [0.15, 0.2) is 0 Å². The van der Waals surface area contributed by atoms with E-state index in [1.54, 1.807) is 0 Å². The van der Waals surface area contributed by atoms with Crippen LogP contribution in [0.3, 0.4) is 0 Å². The molecular weight excluding hydrogens is 472 g/mol. The summed E-state index contributed by atoms with van der Waals surface area (Å²) in [6.07, 6.45) is 0. The SMILES string of the molecule is c1ccc(-c2nc3ccccc3n2-c2ccc(-c3c4ccccc4cc4c3ccc3ccccc34)cc2)cc1. The van der Waals surface area contributed by atoms with E-state index in [0.717, 1.165) is 28.1 Å². The van der Waals surface area contributed by atoms with E-state index in [-0.39, 0.29) is 0 Å². The average Bonchev–Trinajstić information content (AvgIpc) is 3.40. The fourth-order valence-corrected chi connectivity index (χ4v) is 5.98. The van der Waals surface area contributed by atoms with Crippen LogP contribution in [0.2, 0.25) is 0 Å². The zero-order valence-corrected chi connectivity index (χ0v) is 21.3. The highest BCUT2D eigenvalue weighted by Gasteiger charge is 2.16. The summed E-state index contributed by atoms with van der Waals surface area (Å²) in [4.78, 5) is 5.01. The summed E-state index contributed by atoms with van der Waals surface area (Å²) >= 11 is 0. The Bertz CT molecular complexity index is 2150. The van der Waals surface area contributed by atoms with Crippen molar-refractivity contribution in [2.75, 3.05) is 0 Å². The lowest BCUT2D eigenvalue weighted by molar-refractivity contribution is 1.10. The minimum absolute atomic E-state index is 0.951. The number of aromatic nitrogens is 2. The van der Waals surface area contributed by atoms with Gasteiger partial charge in [-0.1, -0.05) is 115 Å². The molecular formula is C37H24N2. The summed E-state index contributed by atoms with van der Waals surface area (Å²) in [5.74, 6) is 0.951. The van der Waals surface area contributed by atoms with Crippen LogP contribution in [0.5, 0.6) is 0 Å². The first-order valence-electron chi connectivity index (χ1n) is 13.3. The summed E-state index contributed by atoms with van der Waals surface area (Å²) in [6, 6.07) is 52.0. The van der Waals surface area contributed by atoms with Gasteiger partial charge in [-0.25, -0.2) is 4.98 Å². The van der Waals surface area contributed by atoms with Gasteiger partial charge in [0.25, 0.3) is 0 Å². The first-order valence-corrected chi connectivity index (χ1v) is 13.3. The number of hydrogen-bond acceptors (Lipinski definition) is 1. The maximum absolute atomic E-state index is 5.01. The molecule has 0 bridgehead atoms.